The van der Waals surface area contributed by atoms with Gasteiger partial charge < -0.3 is 30.3 Å². The minimum atomic E-state index is -0.721. The van der Waals surface area contributed by atoms with Crippen LogP contribution in [0.5, 0.6) is 0 Å². The van der Waals surface area contributed by atoms with E-state index >= 15 is 8.78 Å². The molecule has 0 radical (unpaired) electrons. The first-order valence-corrected chi connectivity index (χ1v) is 15.2. The molecule has 0 spiro atoms. The van der Waals surface area contributed by atoms with E-state index in [9.17, 15) is 4.79 Å². The minimum absolute atomic E-state index is 0.0153. The van der Waals surface area contributed by atoms with Crippen molar-refractivity contribution in [3.05, 3.63) is 66.1 Å². The molecule has 0 aliphatic carbocycles. The van der Waals surface area contributed by atoms with E-state index in [1.807, 2.05) is 6.07 Å². The molecule has 1 amide bonds. The lowest BCUT2D eigenvalue weighted by molar-refractivity contribution is -0.131. The van der Waals surface area contributed by atoms with Crippen LogP contribution in [-0.4, -0.2) is 81.9 Å². The summed E-state index contributed by atoms with van der Waals surface area (Å²) in [7, 11) is 1.79. The number of nitrogens with zero attached hydrogens (tertiary/aromatic N) is 6. The van der Waals surface area contributed by atoms with Gasteiger partial charge in [-0.1, -0.05) is 6.92 Å². The predicted octanol–water partition coefficient (Wildman–Crippen LogP) is 4.14. The number of carbonyl (C=O) groups excluding carboxylic acids is 1. The first kappa shape index (κ1) is 30.8. The summed E-state index contributed by atoms with van der Waals surface area (Å²) in [6.07, 6.45) is 6.55. The van der Waals surface area contributed by atoms with E-state index in [4.69, 9.17) is 15.2 Å². The number of hydrogen-bond acceptors (Lipinski definition) is 9. The van der Waals surface area contributed by atoms with Crippen LogP contribution in [0.4, 0.5) is 26.1 Å². The third kappa shape index (κ3) is 6.46. The number of carbonyl (C=O) groups is 1. The highest BCUT2D eigenvalue weighted by Gasteiger charge is 2.36. The van der Waals surface area contributed by atoms with Gasteiger partial charge in [0.1, 0.15) is 11.6 Å². The van der Waals surface area contributed by atoms with Crippen molar-refractivity contribution in [1.82, 2.24) is 24.5 Å². The van der Waals surface area contributed by atoms with E-state index in [-0.39, 0.29) is 47.9 Å². The van der Waals surface area contributed by atoms with Crippen molar-refractivity contribution in [3.63, 3.8) is 0 Å². The second-order valence-electron chi connectivity index (χ2n) is 11.9. The molecule has 238 valence electrons. The van der Waals surface area contributed by atoms with Crippen LogP contribution in [0.3, 0.4) is 0 Å². The lowest BCUT2D eigenvalue weighted by Gasteiger charge is -2.46. The lowest BCUT2D eigenvalue weighted by Crippen LogP contribution is -2.62. The Balaban J connectivity index is 1.23. The van der Waals surface area contributed by atoms with E-state index in [1.165, 1.54) is 16.6 Å². The molecule has 1 aromatic carbocycles. The first-order chi connectivity index (χ1) is 21.7. The van der Waals surface area contributed by atoms with Crippen LogP contribution in [0.25, 0.3) is 16.8 Å². The third-order valence-corrected chi connectivity index (χ3v) is 8.69. The molecular formula is C32H38F2N8O3. The fraction of sp³-hybridized carbons (Fsp3) is 0.438. The zero-order chi connectivity index (χ0) is 31.7. The molecule has 11 nitrogen and oxygen atoms in total. The highest BCUT2D eigenvalue weighted by Crippen LogP contribution is 2.33. The number of halogens is 2. The summed E-state index contributed by atoms with van der Waals surface area (Å²) >= 11 is 0. The largest absolute Gasteiger partial charge is 0.381 e. The molecular weight excluding hydrogens is 582 g/mol. The number of ether oxygens (including phenoxy) is 2. The van der Waals surface area contributed by atoms with Gasteiger partial charge in [0, 0.05) is 52.5 Å². The fourth-order valence-electron chi connectivity index (χ4n) is 6.38. The van der Waals surface area contributed by atoms with Gasteiger partial charge in [-0.15, -0.1) is 0 Å². The summed E-state index contributed by atoms with van der Waals surface area (Å²) in [6, 6.07) is 7.42. The molecule has 5 heterocycles. The highest BCUT2D eigenvalue weighted by atomic mass is 19.1. The smallest absolute Gasteiger partial charge is 0.229 e. The van der Waals surface area contributed by atoms with Crippen LogP contribution in [0.15, 0.2) is 48.9 Å². The third-order valence-electron chi connectivity index (χ3n) is 8.69. The highest BCUT2D eigenvalue weighted by molar-refractivity contribution is 5.75. The summed E-state index contributed by atoms with van der Waals surface area (Å²) in [5.41, 5.74) is 9.06. The van der Waals surface area contributed by atoms with Crippen LogP contribution < -0.4 is 16.0 Å². The van der Waals surface area contributed by atoms with E-state index in [0.29, 0.717) is 49.0 Å². The standard InChI is InChI=1S/C32H38F2N8O3/c1-19-16-41(17-26(35)31(19)40(3)20(2)43)29-6-9-36-15-28(29)38-32-37-14-22-4-5-27(39-42(22)32)30-24(33)12-21(13-25(30)34)18-45-23-7-10-44-11-8-23/h4-6,9,12-15,19,23,26,31H,7-8,10-11,16-18,35H2,1-3H3,(H,37,38)/t19-,26+,31-/m0/s1. The van der Waals surface area contributed by atoms with Gasteiger partial charge in [-0.2, -0.15) is 9.61 Å². The number of benzene rings is 1. The van der Waals surface area contributed by atoms with E-state index < -0.39 is 11.6 Å². The molecule has 3 N–H and O–H groups in total. The maximum Gasteiger partial charge on any atom is 0.229 e. The normalized spacial score (nSPS) is 20.8. The van der Waals surface area contributed by atoms with Crippen molar-refractivity contribution < 1.29 is 23.0 Å². The summed E-state index contributed by atoms with van der Waals surface area (Å²) < 4.78 is 43.4. The summed E-state index contributed by atoms with van der Waals surface area (Å²) in [4.78, 5) is 24.7. The number of hydrogen-bond donors (Lipinski definition) is 2. The number of fused-ring (bicyclic) bond motifs is 1. The SMILES string of the molecule is CC(=O)N(C)[C@@H]1[C@H](N)CN(c2ccncc2Nc2ncc3ccc(-c4c(F)cc(COC5CCOCC5)cc4F)nn23)C[C@@H]1C. The van der Waals surface area contributed by atoms with Crippen molar-refractivity contribution in [2.75, 3.05) is 43.6 Å². The van der Waals surface area contributed by atoms with Crippen LogP contribution in [0, 0.1) is 17.6 Å². The zero-order valence-corrected chi connectivity index (χ0v) is 25.6. The summed E-state index contributed by atoms with van der Waals surface area (Å²) in [5, 5.41) is 7.87. The van der Waals surface area contributed by atoms with Crippen molar-refractivity contribution in [2.24, 2.45) is 11.7 Å². The Morgan fingerprint density at radius 3 is 2.62 bits per heavy atom. The number of anilines is 3. The van der Waals surface area contributed by atoms with E-state index in [2.05, 4.69) is 32.2 Å². The predicted molar refractivity (Wildman–Crippen MR) is 166 cm³/mol. The summed E-state index contributed by atoms with van der Waals surface area (Å²) in [6.45, 7) is 6.20. The Morgan fingerprint density at radius 2 is 1.91 bits per heavy atom. The van der Waals surface area contributed by atoms with Crippen molar-refractivity contribution in [2.45, 2.75) is 51.5 Å². The Labute approximate surface area is 260 Å². The minimum Gasteiger partial charge on any atom is -0.381 e. The molecule has 2 fully saturated rings. The average molecular weight is 621 g/mol. The fourth-order valence-corrected chi connectivity index (χ4v) is 6.38. The summed E-state index contributed by atoms with van der Waals surface area (Å²) in [5.74, 6) is -0.992. The topological polar surface area (TPSA) is 123 Å². The van der Waals surface area contributed by atoms with Gasteiger partial charge in [0.2, 0.25) is 11.9 Å². The molecule has 13 heteroatoms. The number of amides is 1. The Hall–Kier alpha value is -4.20. The van der Waals surface area contributed by atoms with Crippen LogP contribution in [-0.2, 0) is 20.9 Å². The van der Waals surface area contributed by atoms with Crippen molar-refractivity contribution >= 4 is 28.7 Å². The maximum absolute atomic E-state index is 15.3. The molecule has 3 aromatic heterocycles. The number of aromatic nitrogens is 4. The Morgan fingerprint density at radius 1 is 1.16 bits per heavy atom. The Kier molecular flexibility index (Phi) is 8.92. The first-order valence-electron chi connectivity index (χ1n) is 15.2. The van der Waals surface area contributed by atoms with Crippen LogP contribution in [0.1, 0.15) is 32.3 Å². The van der Waals surface area contributed by atoms with Crippen molar-refractivity contribution in [3.8, 4) is 11.3 Å². The van der Waals surface area contributed by atoms with Crippen LogP contribution in [0.2, 0.25) is 0 Å². The number of rotatable bonds is 8. The monoisotopic (exact) mass is 620 g/mol. The van der Waals surface area contributed by atoms with Gasteiger partial charge in [0.05, 0.1) is 59.3 Å². The molecule has 45 heavy (non-hydrogen) atoms. The maximum atomic E-state index is 15.3. The number of piperidine rings is 1. The van der Waals surface area contributed by atoms with Gasteiger partial charge in [-0.25, -0.2) is 13.8 Å². The molecule has 6 rings (SSSR count). The van der Waals surface area contributed by atoms with Crippen LogP contribution >= 0.6 is 0 Å². The Bertz CT molecular complexity index is 1640. The number of imidazole rings is 1. The molecule has 4 aromatic rings. The number of nitrogens with two attached hydrogens (primary N) is 1. The molecule has 0 unspecified atom stereocenters. The second-order valence-corrected chi connectivity index (χ2v) is 11.9. The molecule has 2 aliphatic rings. The van der Waals surface area contributed by atoms with Gasteiger partial charge >= 0.3 is 0 Å². The number of pyridine rings is 1. The molecule has 2 saturated heterocycles. The van der Waals surface area contributed by atoms with E-state index in [1.54, 1.807) is 49.6 Å². The van der Waals surface area contributed by atoms with Crippen molar-refractivity contribution in [1.29, 1.82) is 0 Å². The molecule has 2 aliphatic heterocycles. The number of likely N-dealkylation sites (N-methyl/N-ethyl adjacent to an activating group) is 1. The second kappa shape index (κ2) is 13.0. The van der Waals surface area contributed by atoms with Gasteiger partial charge in [0.25, 0.3) is 0 Å². The van der Waals surface area contributed by atoms with Gasteiger partial charge in [-0.3, -0.25) is 9.78 Å². The average Bonchev–Trinajstić information content (AvgIpc) is 3.42. The quantitative estimate of drug-likeness (QED) is 0.299. The number of nitrogens with one attached hydrogen (secondary N) is 1. The lowest BCUT2D eigenvalue weighted by atomic mass is 9.88. The molecule has 0 bridgehead atoms. The molecule has 0 saturated carbocycles. The molecule has 3 atom stereocenters. The van der Waals surface area contributed by atoms with Gasteiger partial charge in [-0.05, 0) is 54.7 Å². The van der Waals surface area contributed by atoms with Gasteiger partial charge in [0.15, 0.2) is 0 Å². The zero-order valence-electron chi connectivity index (χ0n) is 25.6. The van der Waals surface area contributed by atoms with E-state index in [0.717, 1.165) is 18.5 Å².